The number of nitrogens with zero attached hydrogens (tertiary/aromatic N) is 2. The molecule has 1 fully saturated rings. The van der Waals surface area contributed by atoms with Gasteiger partial charge < -0.3 is 9.57 Å². The molecule has 7 rings (SSSR count). The second-order valence-corrected chi connectivity index (χ2v) is 12.4. The molecule has 0 aromatic heterocycles. The van der Waals surface area contributed by atoms with Crippen LogP contribution in [0.1, 0.15) is 50.6 Å². The molecular formula is C33H22Cl3F3N2O3. The van der Waals surface area contributed by atoms with Crippen molar-refractivity contribution in [3.8, 4) is 0 Å². The zero-order valence-corrected chi connectivity index (χ0v) is 25.0. The molecule has 3 aliphatic heterocycles. The Morgan fingerprint density at radius 3 is 2.00 bits per heavy atom. The lowest BCUT2D eigenvalue weighted by Gasteiger charge is -2.50. The van der Waals surface area contributed by atoms with E-state index in [1.807, 2.05) is 36.4 Å². The van der Waals surface area contributed by atoms with Crippen LogP contribution in [0.15, 0.2) is 96.2 Å². The largest absolute Gasteiger partial charge is 0.448 e. The molecule has 3 aliphatic rings. The zero-order chi connectivity index (χ0) is 30.9. The van der Waals surface area contributed by atoms with Crippen molar-refractivity contribution >= 4 is 46.5 Å². The van der Waals surface area contributed by atoms with E-state index in [9.17, 15) is 18.0 Å². The van der Waals surface area contributed by atoms with E-state index >= 15 is 0 Å². The van der Waals surface area contributed by atoms with E-state index in [0.717, 1.165) is 23.3 Å². The van der Waals surface area contributed by atoms with Gasteiger partial charge in [0.2, 0.25) is 0 Å². The van der Waals surface area contributed by atoms with Gasteiger partial charge in [0.1, 0.15) is 0 Å². The lowest BCUT2D eigenvalue weighted by atomic mass is 9.81. The maximum absolute atomic E-state index is 14.5. The fourth-order valence-electron chi connectivity index (χ4n) is 6.34. The number of fused-ring (bicyclic) bond motifs is 2. The number of carbonyl (C=O) groups excluding carboxylic acids is 1. The van der Waals surface area contributed by atoms with E-state index in [0.29, 0.717) is 29.8 Å². The van der Waals surface area contributed by atoms with Gasteiger partial charge in [-0.25, -0.2) is 4.79 Å². The standard InChI is InChI=1S/C33H22Cl3F3N2O3/c34-25-14-22(15-26(35)28(25)36)32(33(37,38)39)16-27(40-44-32)21-11-12-24-23(13-21)30(42)43-31(24)17-41(18-31)29(19-7-3-1-4-8-19)20-9-5-2-6-10-20/h1-15,29H,16-18H2. The smallest absolute Gasteiger partial charge is 0.435 e. The number of benzene rings is 4. The topological polar surface area (TPSA) is 51.1 Å². The summed E-state index contributed by atoms with van der Waals surface area (Å²) in [6, 6.07) is 27.2. The Labute approximate surface area is 265 Å². The summed E-state index contributed by atoms with van der Waals surface area (Å²) in [5.41, 5.74) is -0.464. The zero-order valence-electron chi connectivity index (χ0n) is 22.7. The monoisotopic (exact) mass is 656 g/mol. The molecule has 224 valence electrons. The SMILES string of the molecule is O=C1OC2(CN(C(c3ccccc3)c3ccccc3)C2)c2ccc(C3=NOC(c4cc(Cl)c(Cl)c(Cl)c4)(C(F)(F)F)C3)cc21. The van der Waals surface area contributed by atoms with Gasteiger partial charge in [-0.2, -0.15) is 13.2 Å². The van der Waals surface area contributed by atoms with Gasteiger partial charge in [0.25, 0.3) is 5.60 Å². The minimum absolute atomic E-state index is 0.0181. The van der Waals surface area contributed by atoms with E-state index in [-0.39, 0.29) is 32.4 Å². The van der Waals surface area contributed by atoms with Gasteiger partial charge in [0, 0.05) is 36.2 Å². The van der Waals surface area contributed by atoms with Crippen molar-refractivity contribution in [2.45, 2.75) is 29.8 Å². The Morgan fingerprint density at radius 2 is 1.43 bits per heavy atom. The van der Waals surface area contributed by atoms with Crippen LogP contribution >= 0.6 is 34.8 Å². The number of hydrogen-bond acceptors (Lipinski definition) is 5. The van der Waals surface area contributed by atoms with Gasteiger partial charge in [0.15, 0.2) is 5.60 Å². The van der Waals surface area contributed by atoms with Gasteiger partial charge in [-0.05, 0) is 29.3 Å². The molecule has 0 radical (unpaired) electrons. The van der Waals surface area contributed by atoms with Crippen LogP contribution in [0, 0.1) is 0 Å². The molecule has 1 spiro atoms. The third-order valence-electron chi connectivity index (χ3n) is 8.50. The van der Waals surface area contributed by atoms with Gasteiger partial charge in [-0.3, -0.25) is 4.90 Å². The molecule has 11 heteroatoms. The van der Waals surface area contributed by atoms with Gasteiger partial charge in [-0.1, -0.05) is 113 Å². The molecule has 0 aliphatic carbocycles. The lowest BCUT2D eigenvalue weighted by Crippen LogP contribution is -2.60. The highest BCUT2D eigenvalue weighted by molar-refractivity contribution is 6.48. The fourth-order valence-corrected chi connectivity index (χ4v) is 6.93. The number of likely N-dealkylation sites (tertiary alicyclic amines) is 1. The summed E-state index contributed by atoms with van der Waals surface area (Å²) in [5, 5.41) is 3.48. The van der Waals surface area contributed by atoms with Crippen LogP contribution < -0.4 is 0 Å². The summed E-state index contributed by atoms with van der Waals surface area (Å²) >= 11 is 18.1. The molecule has 4 aromatic rings. The first-order valence-corrected chi connectivity index (χ1v) is 14.8. The third-order valence-corrected chi connectivity index (χ3v) is 9.70. The minimum Gasteiger partial charge on any atom is -0.448 e. The van der Waals surface area contributed by atoms with Crippen molar-refractivity contribution in [3.05, 3.63) is 139 Å². The van der Waals surface area contributed by atoms with Crippen LogP contribution in [0.3, 0.4) is 0 Å². The Morgan fingerprint density at radius 1 is 0.841 bits per heavy atom. The van der Waals surface area contributed by atoms with Gasteiger partial charge >= 0.3 is 12.1 Å². The van der Waals surface area contributed by atoms with Crippen LogP contribution in [0.4, 0.5) is 13.2 Å². The fraction of sp³-hybridized carbons (Fsp3) is 0.212. The van der Waals surface area contributed by atoms with Crippen molar-refractivity contribution in [2.24, 2.45) is 5.16 Å². The first kappa shape index (κ1) is 29.2. The molecule has 0 N–H and O–H groups in total. The van der Waals surface area contributed by atoms with E-state index in [1.54, 1.807) is 12.1 Å². The molecule has 0 saturated carbocycles. The van der Waals surface area contributed by atoms with Crippen molar-refractivity contribution < 1.29 is 27.5 Å². The molecule has 1 saturated heterocycles. The van der Waals surface area contributed by atoms with Crippen molar-refractivity contribution in [2.75, 3.05) is 13.1 Å². The molecule has 44 heavy (non-hydrogen) atoms. The van der Waals surface area contributed by atoms with Crippen molar-refractivity contribution in [1.29, 1.82) is 0 Å². The predicted molar refractivity (Wildman–Crippen MR) is 161 cm³/mol. The summed E-state index contributed by atoms with van der Waals surface area (Å²) in [6.07, 6.45) is -5.53. The van der Waals surface area contributed by atoms with E-state index < -0.39 is 29.8 Å². The molecule has 3 heterocycles. The summed E-state index contributed by atoms with van der Waals surface area (Å²) in [4.78, 5) is 20.5. The highest BCUT2D eigenvalue weighted by atomic mass is 35.5. The van der Waals surface area contributed by atoms with Crippen LogP contribution in [0.25, 0.3) is 0 Å². The number of alkyl halides is 3. The number of ether oxygens (including phenoxy) is 1. The Kier molecular flexibility index (Phi) is 6.97. The molecule has 5 nitrogen and oxygen atoms in total. The van der Waals surface area contributed by atoms with Crippen LogP contribution in [0.2, 0.25) is 15.1 Å². The highest BCUT2D eigenvalue weighted by Crippen LogP contribution is 2.52. The second kappa shape index (κ2) is 10.5. The highest BCUT2D eigenvalue weighted by Gasteiger charge is 2.63. The Balaban J connectivity index is 1.17. The number of rotatable bonds is 5. The maximum Gasteiger partial charge on any atom is 0.435 e. The maximum atomic E-state index is 14.5. The normalized spacial score (nSPS) is 20.7. The number of esters is 1. The third kappa shape index (κ3) is 4.58. The number of hydrogen-bond donors (Lipinski definition) is 0. The molecule has 4 aromatic carbocycles. The summed E-state index contributed by atoms with van der Waals surface area (Å²) in [7, 11) is 0. The molecular weight excluding hydrogens is 636 g/mol. The summed E-state index contributed by atoms with van der Waals surface area (Å²) in [6.45, 7) is 0.914. The van der Waals surface area contributed by atoms with Crippen molar-refractivity contribution in [1.82, 2.24) is 4.90 Å². The molecule has 1 unspecified atom stereocenters. The summed E-state index contributed by atoms with van der Waals surface area (Å²) in [5.74, 6) is -0.532. The van der Waals surface area contributed by atoms with Crippen LogP contribution in [0.5, 0.6) is 0 Å². The number of halogens is 6. The Bertz CT molecular complexity index is 1750. The Hall–Kier alpha value is -3.56. The average Bonchev–Trinajstić information content (AvgIpc) is 3.58. The first-order valence-electron chi connectivity index (χ1n) is 13.7. The second-order valence-electron chi connectivity index (χ2n) is 11.2. The molecule has 1 atom stereocenters. The minimum atomic E-state index is -4.87. The van der Waals surface area contributed by atoms with E-state index in [4.69, 9.17) is 44.4 Å². The van der Waals surface area contributed by atoms with Crippen molar-refractivity contribution in [3.63, 3.8) is 0 Å². The van der Waals surface area contributed by atoms with Gasteiger partial charge in [-0.15, -0.1) is 0 Å². The van der Waals surface area contributed by atoms with Gasteiger partial charge in [0.05, 0.1) is 32.4 Å². The number of oxime groups is 1. The first-order chi connectivity index (χ1) is 21.0. The summed E-state index contributed by atoms with van der Waals surface area (Å²) < 4.78 is 49.6. The van der Waals surface area contributed by atoms with E-state index in [2.05, 4.69) is 34.3 Å². The number of carbonyl (C=O) groups is 1. The quantitative estimate of drug-likeness (QED) is 0.159. The predicted octanol–water partition coefficient (Wildman–Crippen LogP) is 8.70. The van der Waals surface area contributed by atoms with Crippen LogP contribution in [-0.4, -0.2) is 35.8 Å². The van der Waals surface area contributed by atoms with E-state index in [1.165, 1.54) is 6.07 Å². The van der Waals surface area contributed by atoms with Crippen LogP contribution in [-0.2, 0) is 20.8 Å². The average molecular weight is 658 g/mol. The lowest BCUT2D eigenvalue weighted by molar-refractivity contribution is -0.275. The molecule has 0 amide bonds. The molecule has 0 bridgehead atoms.